The molecule has 0 radical (unpaired) electrons. The Morgan fingerprint density at radius 3 is 2.17 bits per heavy atom. The summed E-state index contributed by atoms with van der Waals surface area (Å²) in [7, 11) is 0. The number of benzene rings is 1. The minimum atomic E-state index is -1.84. The van der Waals surface area contributed by atoms with Crippen LogP contribution in [0.4, 0.5) is 4.39 Å². The normalized spacial score (nSPS) is 21.3. The van der Waals surface area contributed by atoms with Gasteiger partial charge in [-0.25, -0.2) is 9.18 Å². The first-order valence-electron chi connectivity index (χ1n) is 6.96. The van der Waals surface area contributed by atoms with Crippen LogP contribution in [0.2, 0.25) is 0 Å². The summed E-state index contributed by atoms with van der Waals surface area (Å²) >= 11 is 0. The minimum absolute atomic E-state index is 0.148. The van der Waals surface area contributed by atoms with E-state index in [0.717, 1.165) is 6.92 Å². The topological polar surface area (TPSA) is 86.7 Å². The Bertz CT molecular complexity index is 657. The molecule has 1 heterocycles. The van der Waals surface area contributed by atoms with E-state index in [2.05, 4.69) is 36.2 Å². The van der Waals surface area contributed by atoms with Crippen molar-refractivity contribution in [3.63, 3.8) is 0 Å². The Hall–Kier alpha value is -2.70. The van der Waals surface area contributed by atoms with Crippen LogP contribution >= 0.6 is 0 Å². The van der Waals surface area contributed by atoms with Crippen molar-refractivity contribution >= 4 is 17.8 Å². The zero-order valence-corrected chi connectivity index (χ0v) is 12.7. The van der Waals surface area contributed by atoms with Gasteiger partial charge in [0, 0.05) is 6.92 Å². The maximum absolute atomic E-state index is 13.6. The summed E-state index contributed by atoms with van der Waals surface area (Å²) in [5, 5.41) is 11.0. The highest BCUT2D eigenvalue weighted by Crippen LogP contribution is 2.32. The zero-order valence-electron chi connectivity index (χ0n) is 12.7. The summed E-state index contributed by atoms with van der Waals surface area (Å²) in [6, 6.07) is 5.78. The van der Waals surface area contributed by atoms with Crippen LogP contribution in [0.15, 0.2) is 36.4 Å². The van der Waals surface area contributed by atoms with Gasteiger partial charge in [0.05, 0.1) is 0 Å². The third-order valence-electron chi connectivity index (χ3n) is 3.51. The van der Waals surface area contributed by atoms with E-state index in [0.29, 0.717) is 4.90 Å². The Labute approximate surface area is 132 Å². The number of nitrogens with one attached hydrogen (secondary N) is 1. The Morgan fingerprint density at radius 1 is 1.35 bits per heavy atom. The van der Waals surface area contributed by atoms with E-state index in [4.69, 9.17) is 5.11 Å². The van der Waals surface area contributed by atoms with Crippen LogP contribution < -0.4 is 5.32 Å². The van der Waals surface area contributed by atoms with Crippen LogP contribution in [0.1, 0.15) is 13.8 Å². The highest BCUT2D eigenvalue weighted by molar-refractivity contribution is 5.96. The van der Waals surface area contributed by atoms with Crippen molar-refractivity contribution in [1.82, 2.24) is 10.2 Å². The zero-order chi connectivity index (χ0) is 17.3. The molecule has 1 saturated heterocycles. The number of alkyl halides is 1. The molecule has 0 aromatic heterocycles. The third-order valence-corrected chi connectivity index (χ3v) is 3.51. The average molecular weight is 320 g/mol. The molecule has 3 unspecified atom stereocenters. The van der Waals surface area contributed by atoms with Gasteiger partial charge < -0.3 is 10.4 Å². The van der Waals surface area contributed by atoms with E-state index in [1.54, 1.807) is 0 Å². The van der Waals surface area contributed by atoms with E-state index in [9.17, 15) is 18.8 Å². The van der Waals surface area contributed by atoms with Gasteiger partial charge in [-0.3, -0.25) is 14.5 Å². The SMILES string of the molecule is C=C(C)C(C(=O)O)N1C(=O)C(NC(C)=O)C1F.c1cc2cc-2c1. The molecule has 23 heavy (non-hydrogen) atoms. The van der Waals surface area contributed by atoms with Gasteiger partial charge in [-0.2, -0.15) is 0 Å². The number of hydrogen-bond acceptors (Lipinski definition) is 3. The lowest BCUT2D eigenvalue weighted by Crippen LogP contribution is -2.72. The fourth-order valence-electron chi connectivity index (χ4n) is 2.34. The summed E-state index contributed by atoms with van der Waals surface area (Å²) in [6.07, 6.45) is -1.84. The molecule has 0 aromatic carbocycles. The maximum atomic E-state index is 13.6. The third kappa shape index (κ3) is 3.39. The van der Waals surface area contributed by atoms with Crippen molar-refractivity contribution in [3.05, 3.63) is 36.4 Å². The molecular weight excluding hydrogens is 303 g/mol. The van der Waals surface area contributed by atoms with Crippen molar-refractivity contribution < 1.29 is 23.9 Å². The molecule has 3 atom stereocenters. The molecule has 0 aromatic rings. The molecule has 3 rings (SSSR count). The summed E-state index contributed by atoms with van der Waals surface area (Å²) in [5.74, 6) is -2.66. The number of carboxylic acid groups (broad SMARTS) is 1. The van der Waals surface area contributed by atoms with E-state index in [1.807, 2.05) is 0 Å². The van der Waals surface area contributed by atoms with Crippen LogP contribution in [-0.4, -0.2) is 46.2 Å². The van der Waals surface area contributed by atoms with Gasteiger partial charge in [0.15, 0.2) is 12.1 Å². The predicted molar refractivity (Wildman–Crippen MR) is 81.0 cm³/mol. The number of fused-ring (bicyclic) bond motifs is 1. The van der Waals surface area contributed by atoms with Crippen molar-refractivity contribution in [2.45, 2.75) is 32.2 Å². The first-order chi connectivity index (χ1) is 10.7. The van der Waals surface area contributed by atoms with Crippen molar-refractivity contribution in [2.75, 3.05) is 0 Å². The van der Waals surface area contributed by atoms with Gasteiger partial charge in [0.25, 0.3) is 5.91 Å². The van der Waals surface area contributed by atoms with Crippen LogP contribution in [0.5, 0.6) is 0 Å². The number of carboxylic acids is 1. The molecule has 122 valence electrons. The molecule has 2 N–H and O–H groups in total. The molecule has 7 heteroatoms. The molecular formula is C16H17FN2O4. The highest BCUT2D eigenvalue weighted by atomic mass is 19.1. The maximum Gasteiger partial charge on any atom is 0.330 e. The van der Waals surface area contributed by atoms with Gasteiger partial charge in [-0.1, -0.05) is 24.8 Å². The molecule has 0 saturated carbocycles. The van der Waals surface area contributed by atoms with E-state index in [1.165, 1.54) is 18.1 Å². The molecule has 1 fully saturated rings. The molecule has 2 aliphatic carbocycles. The molecule has 0 spiro atoms. The molecule has 0 bridgehead atoms. The van der Waals surface area contributed by atoms with Crippen LogP contribution in [0, 0.1) is 0 Å². The lowest BCUT2D eigenvalue weighted by molar-refractivity contribution is -0.174. The van der Waals surface area contributed by atoms with Crippen LogP contribution in [0.25, 0.3) is 11.1 Å². The number of rotatable bonds is 4. The fourth-order valence-corrected chi connectivity index (χ4v) is 2.34. The second-order valence-electron chi connectivity index (χ2n) is 5.46. The van der Waals surface area contributed by atoms with E-state index in [-0.39, 0.29) is 5.57 Å². The van der Waals surface area contributed by atoms with Crippen LogP contribution in [0.3, 0.4) is 0 Å². The van der Waals surface area contributed by atoms with Gasteiger partial charge in [0.2, 0.25) is 12.2 Å². The monoisotopic (exact) mass is 320 g/mol. The lowest BCUT2D eigenvalue weighted by atomic mass is 9.98. The van der Waals surface area contributed by atoms with Gasteiger partial charge in [-0.15, -0.1) is 0 Å². The molecule has 3 aliphatic rings. The number of amides is 2. The Kier molecular flexibility index (Phi) is 4.49. The molecule has 6 nitrogen and oxygen atoms in total. The second-order valence-corrected chi connectivity index (χ2v) is 5.46. The number of hydrogen-bond donors (Lipinski definition) is 2. The summed E-state index contributed by atoms with van der Waals surface area (Å²) in [6.45, 7) is 5.95. The number of halogens is 1. The average Bonchev–Trinajstić information content (AvgIpc) is 3.07. The summed E-state index contributed by atoms with van der Waals surface area (Å²) < 4.78 is 13.6. The van der Waals surface area contributed by atoms with E-state index < -0.39 is 36.2 Å². The summed E-state index contributed by atoms with van der Waals surface area (Å²) in [5.41, 5.74) is 3.00. The van der Waals surface area contributed by atoms with Crippen molar-refractivity contribution in [3.8, 4) is 11.1 Å². The van der Waals surface area contributed by atoms with Crippen molar-refractivity contribution in [1.29, 1.82) is 0 Å². The number of nitrogens with zero attached hydrogens (tertiary/aromatic N) is 1. The number of aliphatic carboxylic acids is 1. The standard InChI is InChI=1S/C10H13FN2O4.C6H4/c1-4(2)7(10(16)17)13-8(11)6(9(13)15)12-5(3)14;1-2-5-4-6(5)3-1/h6-8H,1H2,2-3H3,(H,12,14)(H,16,17);1-4H. The predicted octanol–water partition coefficient (Wildman–Crippen LogP) is 1.33. The Morgan fingerprint density at radius 2 is 1.91 bits per heavy atom. The second kappa shape index (κ2) is 6.20. The number of carbonyl (C=O) groups excluding carboxylic acids is 2. The van der Waals surface area contributed by atoms with Gasteiger partial charge in [0.1, 0.15) is 0 Å². The highest BCUT2D eigenvalue weighted by Gasteiger charge is 2.53. The number of β-lactam (4-membered cyclic amide) rings is 1. The smallest absolute Gasteiger partial charge is 0.330 e. The molecule has 1 aliphatic heterocycles. The van der Waals surface area contributed by atoms with Gasteiger partial charge >= 0.3 is 5.97 Å². The quantitative estimate of drug-likeness (QED) is 0.505. The van der Waals surface area contributed by atoms with Gasteiger partial charge in [-0.05, 0) is 29.7 Å². The fraction of sp³-hybridized carbons (Fsp3) is 0.312. The molecule has 2 amide bonds. The minimum Gasteiger partial charge on any atom is -0.479 e. The van der Waals surface area contributed by atoms with E-state index >= 15 is 0 Å². The summed E-state index contributed by atoms with van der Waals surface area (Å²) in [4.78, 5) is 33.7. The first kappa shape index (κ1) is 16.7. The number of carbonyl (C=O) groups is 3. The van der Waals surface area contributed by atoms with Crippen LogP contribution in [-0.2, 0) is 14.4 Å². The largest absolute Gasteiger partial charge is 0.479 e. The lowest BCUT2D eigenvalue weighted by Gasteiger charge is -2.45. The first-order valence-corrected chi connectivity index (χ1v) is 6.96. The Balaban J connectivity index is 0.000000260. The van der Waals surface area contributed by atoms with Crippen molar-refractivity contribution in [2.24, 2.45) is 0 Å². The number of likely N-dealkylation sites (tertiary alicyclic amines) is 1.